The Morgan fingerprint density at radius 1 is 1.22 bits per heavy atom. The van der Waals surface area contributed by atoms with Crippen molar-refractivity contribution in [2.24, 2.45) is 17.8 Å². The second kappa shape index (κ2) is 9.72. The van der Waals surface area contributed by atoms with E-state index < -0.39 is 34.6 Å². The second-order valence-corrected chi connectivity index (χ2v) is 11.6. The smallest absolute Gasteiger partial charge is 0.310 e. The van der Waals surface area contributed by atoms with E-state index in [4.69, 9.17) is 16.3 Å². The van der Waals surface area contributed by atoms with Crippen molar-refractivity contribution in [1.82, 2.24) is 4.90 Å². The zero-order valence-electron chi connectivity index (χ0n) is 20.1. The van der Waals surface area contributed by atoms with Crippen LogP contribution < -0.4 is 5.32 Å². The van der Waals surface area contributed by atoms with Crippen molar-refractivity contribution in [2.45, 2.75) is 42.3 Å². The number of para-hydroxylation sites is 1. The van der Waals surface area contributed by atoms with Gasteiger partial charge in [-0.15, -0.1) is 11.8 Å². The minimum Gasteiger partial charge on any atom is -0.466 e. The number of fused-ring (bicyclic) bond motifs is 1. The molecule has 0 radical (unpaired) electrons. The van der Waals surface area contributed by atoms with Crippen LogP contribution in [0.4, 0.5) is 5.69 Å². The number of halogens is 1. The summed E-state index contributed by atoms with van der Waals surface area (Å²) < 4.78 is 4.56. The number of carbonyl (C=O) groups is 3. The number of nitrogens with one attached hydrogen (secondary N) is 1. The van der Waals surface area contributed by atoms with Crippen LogP contribution in [0.3, 0.4) is 0 Å². The molecule has 7 nitrogen and oxygen atoms in total. The van der Waals surface area contributed by atoms with E-state index in [1.807, 2.05) is 37.3 Å². The third kappa shape index (κ3) is 3.73. The maximum Gasteiger partial charge on any atom is 0.310 e. The zero-order chi connectivity index (χ0) is 25.6. The summed E-state index contributed by atoms with van der Waals surface area (Å²) in [5.41, 5.74) is 1.17. The Balaban J connectivity index is 1.63. The molecule has 3 unspecified atom stereocenters. The van der Waals surface area contributed by atoms with E-state index in [2.05, 4.69) is 5.32 Å². The van der Waals surface area contributed by atoms with Gasteiger partial charge in [-0.25, -0.2) is 0 Å². The van der Waals surface area contributed by atoms with Gasteiger partial charge in [0.25, 0.3) is 0 Å². The van der Waals surface area contributed by atoms with Crippen molar-refractivity contribution >= 4 is 46.8 Å². The van der Waals surface area contributed by atoms with E-state index in [0.717, 1.165) is 5.56 Å². The standard InChI is InChI=1S/C27H29ClN2O5S/c1-3-35-26(34)21-20-13-15(2)27(36-20)22(21)25(33)30(19(14-31)16-9-5-4-6-10-16)23(27)24(32)29-18-12-8-7-11-17(18)28/h4-12,15,19-23,31H,3,13-14H2,1-2H3,(H,29,32)/t15?,19-,20-,21+,22+,23?,27?/m1/s1. The van der Waals surface area contributed by atoms with Crippen molar-refractivity contribution < 1.29 is 24.2 Å². The normalized spacial score (nSPS) is 31.3. The lowest BCUT2D eigenvalue weighted by Gasteiger charge is -2.40. The number of hydrogen-bond acceptors (Lipinski definition) is 6. The fourth-order valence-corrected chi connectivity index (χ4v) is 8.97. The molecule has 36 heavy (non-hydrogen) atoms. The number of likely N-dealkylation sites (tertiary alicyclic amines) is 1. The van der Waals surface area contributed by atoms with Crippen LogP contribution in [-0.4, -0.2) is 57.0 Å². The highest BCUT2D eigenvalue weighted by atomic mass is 35.5. The summed E-state index contributed by atoms with van der Waals surface area (Å²) in [7, 11) is 0. The summed E-state index contributed by atoms with van der Waals surface area (Å²) in [4.78, 5) is 42.9. The topological polar surface area (TPSA) is 95.9 Å². The van der Waals surface area contributed by atoms with Crippen LogP contribution in [0.2, 0.25) is 5.02 Å². The Bertz CT molecular complexity index is 1180. The van der Waals surface area contributed by atoms with Crippen LogP contribution in [0, 0.1) is 17.8 Å². The summed E-state index contributed by atoms with van der Waals surface area (Å²) in [5.74, 6) is -2.41. The summed E-state index contributed by atoms with van der Waals surface area (Å²) in [6.07, 6.45) is 0.705. The van der Waals surface area contributed by atoms with Gasteiger partial charge in [0.15, 0.2) is 0 Å². The van der Waals surface area contributed by atoms with Crippen molar-refractivity contribution in [3.05, 3.63) is 65.2 Å². The first-order valence-electron chi connectivity index (χ1n) is 12.2. The van der Waals surface area contributed by atoms with Gasteiger partial charge in [-0.2, -0.15) is 0 Å². The number of amides is 2. The molecule has 1 spiro atoms. The number of esters is 1. The van der Waals surface area contributed by atoms with Crippen LogP contribution in [0.15, 0.2) is 54.6 Å². The summed E-state index contributed by atoms with van der Waals surface area (Å²) in [6.45, 7) is 3.65. The number of benzene rings is 2. The average Bonchev–Trinajstić information content (AvgIpc) is 3.46. The monoisotopic (exact) mass is 528 g/mol. The molecule has 7 atom stereocenters. The van der Waals surface area contributed by atoms with Crippen molar-refractivity contribution in [3.63, 3.8) is 0 Å². The van der Waals surface area contributed by atoms with E-state index in [9.17, 15) is 19.5 Å². The first kappa shape index (κ1) is 25.1. The second-order valence-electron chi connectivity index (χ2n) is 9.63. The van der Waals surface area contributed by atoms with Crippen LogP contribution >= 0.6 is 23.4 Å². The molecule has 3 fully saturated rings. The first-order chi connectivity index (χ1) is 17.3. The van der Waals surface area contributed by atoms with Crippen LogP contribution in [-0.2, 0) is 19.1 Å². The third-order valence-electron chi connectivity index (χ3n) is 7.82. The summed E-state index contributed by atoms with van der Waals surface area (Å²) in [6, 6.07) is 14.5. The predicted octanol–water partition coefficient (Wildman–Crippen LogP) is 3.91. The highest BCUT2D eigenvalue weighted by molar-refractivity contribution is 8.02. The van der Waals surface area contributed by atoms with E-state index in [0.29, 0.717) is 17.1 Å². The van der Waals surface area contributed by atoms with Gasteiger partial charge in [0.1, 0.15) is 6.04 Å². The third-order valence-corrected chi connectivity index (χ3v) is 10.2. The number of thioether (sulfide) groups is 1. The number of aliphatic hydroxyl groups is 1. The SMILES string of the molecule is CCOC(=O)[C@@H]1[C@H]2C(=O)N([C@H](CO)c3ccccc3)C(C(=O)Nc3ccccc3Cl)C23S[C@@H]1CC3C. The molecule has 190 valence electrons. The Kier molecular flexibility index (Phi) is 6.78. The molecule has 0 aromatic heterocycles. The number of nitrogens with zero attached hydrogens (tertiary/aromatic N) is 1. The molecule has 2 aromatic carbocycles. The predicted molar refractivity (Wildman–Crippen MR) is 138 cm³/mol. The largest absolute Gasteiger partial charge is 0.466 e. The Morgan fingerprint density at radius 2 is 1.92 bits per heavy atom. The zero-order valence-corrected chi connectivity index (χ0v) is 21.7. The van der Waals surface area contributed by atoms with Gasteiger partial charge < -0.3 is 20.1 Å². The quantitative estimate of drug-likeness (QED) is 0.529. The Labute approximate surface area is 219 Å². The van der Waals surface area contributed by atoms with Crippen molar-refractivity contribution in [1.29, 1.82) is 0 Å². The maximum absolute atomic E-state index is 14.2. The van der Waals surface area contributed by atoms with E-state index in [-0.39, 0.29) is 36.2 Å². The molecule has 2 amide bonds. The van der Waals surface area contributed by atoms with Crippen molar-refractivity contribution in [2.75, 3.05) is 18.5 Å². The van der Waals surface area contributed by atoms with Crippen LogP contribution in [0.25, 0.3) is 0 Å². The van der Waals surface area contributed by atoms with Gasteiger partial charge in [-0.3, -0.25) is 14.4 Å². The number of hydrogen-bond donors (Lipinski definition) is 2. The molecule has 0 aliphatic carbocycles. The van der Waals surface area contributed by atoms with Crippen molar-refractivity contribution in [3.8, 4) is 0 Å². The lowest BCUT2D eigenvalue weighted by atomic mass is 9.66. The number of ether oxygens (including phenoxy) is 1. The number of carbonyl (C=O) groups excluding carboxylic acids is 3. The molecular weight excluding hydrogens is 500 g/mol. The van der Waals surface area contributed by atoms with Crippen LogP contribution in [0.5, 0.6) is 0 Å². The van der Waals surface area contributed by atoms with Gasteiger partial charge in [0.05, 0.1) is 46.5 Å². The fourth-order valence-electron chi connectivity index (χ4n) is 6.39. The van der Waals surface area contributed by atoms with Gasteiger partial charge in [-0.05, 0) is 37.0 Å². The maximum atomic E-state index is 14.2. The summed E-state index contributed by atoms with van der Waals surface area (Å²) >= 11 is 7.90. The molecule has 2 bridgehead atoms. The van der Waals surface area contributed by atoms with Gasteiger partial charge >= 0.3 is 5.97 Å². The molecule has 2 aromatic rings. The molecule has 3 aliphatic heterocycles. The number of aliphatic hydroxyl groups excluding tert-OH is 1. The minimum absolute atomic E-state index is 0.00534. The highest BCUT2D eigenvalue weighted by Gasteiger charge is 2.77. The number of rotatable bonds is 7. The van der Waals surface area contributed by atoms with E-state index in [1.54, 1.807) is 43.0 Å². The van der Waals surface area contributed by atoms with E-state index >= 15 is 0 Å². The lowest BCUT2D eigenvalue weighted by Crippen LogP contribution is -2.55. The lowest BCUT2D eigenvalue weighted by molar-refractivity contribution is -0.154. The molecule has 3 heterocycles. The van der Waals surface area contributed by atoms with E-state index in [1.165, 1.54) is 4.90 Å². The Hall–Kier alpha value is -2.55. The van der Waals surface area contributed by atoms with Gasteiger partial charge in [-0.1, -0.05) is 61.0 Å². The molecule has 9 heteroatoms. The molecule has 3 aliphatic rings. The van der Waals surface area contributed by atoms with Gasteiger partial charge in [0.2, 0.25) is 11.8 Å². The molecule has 2 N–H and O–H groups in total. The average molecular weight is 529 g/mol. The summed E-state index contributed by atoms with van der Waals surface area (Å²) in [5, 5.41) is 13.7. The Morgan fingerprint density at radius 3 is 2.58 bits per heavy atom. The first-order valence-corrected chi connectivity index (χ1v) is 13.5. The minimum atomic E-state index is -0.909. The molecular formula is C27H29ClN2O5S. The molecule has 5 rings (SSSR count). The highest BCUT2D eigenvalue weighted by Crippen LogP contribution is 2.69. The fraction of sp³-hybridized carbons (Fsp3) is 0.444. The molecule has 0 saturated carbocycles. The molecule has 3 saturated heterocycles. The van der Waals surface area contributed by atoms with Crippen LogP contribution in [0.1, 0.15) is 31.9 Å². The number of anilines is 1. The van der Waals surface area contributed by atoms with Gasteiger partial charge in [0, 0.05) is 5.25 Å².